The average Bonchev–Trinajstić information content (AvgIpc) is 2.72. The number of fused-ring (bicyclic) bond motifs is 1. The summed E-state index contributed by atoms with van der Waals surface area (Å²) in [6.45, 7) is 9.35. The van der Waals surface area contributed by atoms with Gasteiger partial charge in [0.1, 0.15) is 6.17 Å². The molecule has 2 heteroatoms. The molecule has 2 heterocycles. The van der Waals surface area contributed by atoms with Gasteiger partial charge in [-0.05, 0) is 39.2 Å². The molecule has 1 nitrogen and oxygen atoms in total. The summed E-state index contributed by atoms with van der Waals surface area (Å²) in [4.78, 5) is 2.40. The van der Waals surface area contributed by atoms with Crippen molar-refractivity contribution in [2.24, 2.45) is 0 Å². The maximum atomic E-state index is 13.4. The second-order valence-electron chi connectivity index (χ2n) is 4.34. The van der Waals surface area contributed by atoms with E-state index in [1.807, 2.05) is 20.8 Å². The second kappa shape index (κ2) is 4.61. The summed E-state index contributed by atoms with van der Waals surface area (Å²) < 4.78 is 13.4. The van der Waals surface area contributed by atoms with Crippen LogP contribution in [0.2, 0.25) is 0 Å². The largest absolute Gasteiger partial charge is 0.292 e. The highest BCUT2D eigenvalue weighted by Crippen LogP contribution is 2.45. The summed E-state index contributed by atoms with van der Waals surface area (Å²) in [7, 11) is 0. The lowest BCUT2D eigenvalue weighted by Gasteiger charge is -2.32. The van der Waals surface area contributed by atoms with Crippen molar-refractivity contribution in [1.29, 1.82) is 0 Å². The van der Waals surface area contributed by atoms with Gasteiger partial charge in [0.25, 0.3) is 0 Å². The van der Waals surface area contributed by atoms with E-state index in [-0.39, 0.29) is 11.6 Å². The van der Waals surface area contributed by atoms with Crippen molar-refractivity contribution in [3.8, 4) is 0 Å². The van der Waals surface area contributed by atoms with Crippen LogP contribution in [0.3, 0.4) is 0 Å². The Morgan fingerprint density at radius 1 is 1.43 bits per heavy atom. The van der Waals surface area contributed by atoms with E-state index in [1.54, 1.807) is 0 Å². The Hall–Kier alpha value is -0.110. The van der Waals surface area contributed by atoms with Crippen molar-refractivity contribution >= 4 is 0 Å². The Labute approximate surface area is 87.7 Å². The first kappa shape index (κ1) is 12.0. The van der Waals surface area contributed by atoms with Gasteiger partial charge in [-0.2, -0.15) is 0 Å². The normalized spacial score (nSPS) is 41.8. The summed E-state index contributed by atoms with van der Waals surface area (Å²) in [5.41, 5.74) is 0.249. The zero-order valence-corrected chi connectivity index (χ0v) is 10.0. The molecular formula is C12H24FN. The molecule has 0 saturated carbocycles. The molecule has 0 aromatic carbocycles. The van der Waals surface area contributed by atoms with Crippen LogP contribution in [0.25, 0.3) is 0 Å². The van der Waals surface area contributed by atoms with Gasteiger partial charge in [-0.1, -0.05) is 20.8 Å². The fourth-order valence-corrected chi connectivity index (χ4v) is 3.07. The van der Waals surface area contributed by atoms with Crippen LogP contribution in [0.15, 0.2) is 0 Å². The Bertz CT molecular complexity index is 183. The number of rotatable bonds is 1. The number of nitrogens with zero attached hydrogens (tertiary/aromatic N) is 1. The van der Waals surface area contributed by atoms with Crippen LogP contribution in [-0.4, -0.2) is 29.2 Å². The number of hydrogen-bond donors (Lipinski definition) is 0. The van der Waals surface area contributed by atoms with E-state index in [9.17, 15) is 4.39 Å². The van der Waals surface area contributed by atoms with E-state index in [4.69, 9.17) is 0 Å². The Kier molecular flexibility index (Phi) is 3.94. The van der Waals surface area contributed by atoms with Crippen molar-refractivity contribution in [3.63, 3.8) is 0 Å². The molecule has 0 N–H and O–H groups in total. The van der Waals surface area contributed by atoms with Crippen LogP contribution in [0.5, 0.6) is 0 Å². The molecule has 0 aromatic heterocycles. The minimum absolute atomic E-state index is 0.174. The topological polar surface area (TPSA) is 3.24 Å². The molecule has 0 bridgehead atoms. The van der Waals surface area contributed by atoms with Gasteiger partial charge in [0.2, 0.25) is 0 Å². The fourth-order valence-electron chi connectivity index (χ4n) is 3.07. The summed E-state index contributed by atoms with van der Waals surface area (Å²) in [5.74, 6) is 0. The third-order valence-electron chi connectivity index (χ3n) is 3.90. The smallest absolute Gasteiger partial charge is 0.117 e. The van der Waals surface area contributed by atoms with E-state index in [0.717, 1.165) is 19.4 Å². The van der Waals surface area contributed by atoms with E-state index in [1.165, 1.54) is 12.8 Å². The Balaban J connectivity index is 0.000000461. The van der Waals surface area contributed by atoms with Crippen LogP contribution < -0.4 is 0 Å². The van der Waals surface area contributed by atoms with Gasteiger partial charge in [0, 0.05) is 11.6 Å². The molecular weight excluding hydrogens is 177 g/mol. The number of alkyl halides is 1. The Morgan fingerprint density at radius 2 is 2.07 bits per heavy atom. The van der Waals surface area contributed by atoms with Crippen molar-refractivity contribution in [1.82, 2.24) is 4.90 Å². The SMILES string of the molecule is CC.CC[C@@]12CCCN1[C@H](C)[C@H](F)C2. The van der Waals surface area contributed by atoms with Gasteiger partial charge < -0.3 is 0 Å². The zero-order chi connectivity index (χ0) is 10.8. The predicted molar refractivity (Wildman–Crippen MR) is 59.3 cm³/mol. The molecule has 2 saturated heterocycles. The lowest BCUT2D eigenvalue weighted by Crippen LogP contribution is -2.40. The zero-order valence-electron chi connectivity index (χ0n) is 10.0. The van der Waals surface area contributed by atoms with Crippen molar-refractivity contribution in [2.45, 2.75) is 71.1 Å². The number of hydrogen-bond acceptors (Lipinski definition) is 1. The van der Waals surface area contributed by atoms with Gasteiger partial charge >= 0.3 is 0 Å². The lowest BCUT2D eigenvalue weighted by molar-refractivity contribution is 0.146. The molecule has 2 fully saturated rings. The summed E-state index contributed by atoms with van der Waals surface area (Å²) in [6, 6.07) is 0.174. The third kappa shape index (κ3) is 1.69. The van der Waals surface area contributed by atoms with Crippen molar-refractivity contribution in [3.05, 3.63) is 0 Å². The first-order chi connectivity index (χ1) is 6.69. The highest BCUT2D eigenvalue weighted by Gasteiger charge is 2.51. The Morgan fingerprint density at radius 3 is 2.57 bits per heavy atom. The molecule has 0 unspecified atom stereocenters. The van der Waals surface area contributed by atoms with E-state index in [0.29, 0.717) is 0 Å². The fraction of sp³-hybridized carbons (Fsp3) is 1.00. The van der Waals surface area contributed by atoms with E-state index >= 15 is 0 Å². The van der Waals surface area contributed by atoms with Crippen LogP contribution >= 0.6 is 0 Å². The van der Waals surface area contributed by atoms with Gasteiger partial charge in [0.15, 0.2) is 0 Å². The quantitative estimate of drug-likeness (QED) is 0.628. The molecule has 2 aliphatic rings. The van der Waals surface area contributed by atoms with Gasteiger partial charge in [-0.15, -0.1) is 0 Å². The summed E-state index contributed by atoms with van der Waals surface area (Å²) in [5, 5.41) is 0. The molecule has 2 rings (SSSR count). The monoisotopic (exact) mass is 201 g/mol. The lowest BCUT2D eigenvalue weighted by atomic mass is 9.91. The summed E-state index contributed by atoms with van der Waals surface area (Å²) >= 11 is 0. The minimum Gasteiger partial charge on any atom is -0.292 e. The highest BCUT2D eigenvalue weighted by atomic mass is 19.1. The standard InChI is InChI=1S/C10H18FN.C2H6/c1-3-10-5-4-6-12(10)8(2)9(11)7-10;1-2/h8-9H,3-7H2,1-2H3;1-2H3/t8-,9-,10+;/m1./s1. The molecule has 0 aliphatic carbocycles. The maximum absolute atomic E-state index is 13.4. The minimum atomic E-state index is -0.578. The summed E-state index contributed by atoms with van der Waals surface area (Å²) in [6.07, 6.45) is 3.81. The van der Waals surface area contributed by atoms with Gasteiger partial charge in [0.05, 0.1) is 0 Å². The molecule has 3 atom stereocenters. The van der Waals surface area contributed by atoms with Gasteiger partial charge in [-0.25, -0.2) is 4.39 Å². The molecule has 84 valence electrons. The van der Waals surface area contributed by atoms with Crippen LogP contribution in [0.1, 0.15) is 53.4 Å². The third-order valence-corrected chi connectivity index (χ3v) is 3.90. The van der Waals surface area contributed by atoms with Crippen LogP contribution in [-0.2, 0) is 0 Å². The highest BCUT2D eigenvalue weighted by molar-refractivity contribution is 5.06. The van der Waals surface area contributed by atoms with Crippen molar-refractivity contribution in [2.75, 3.05) is 6.54 Å². The molecule has 2 aliphatic heterocycles. The molecule has 0 aromatic rings. The molecule has 0 spiro atoms. The van der Waals surface area contributed by atoms with Crippen molar-refractivity contribution < 1.29 is 4.39 Å². The molecule has 14 heavy (non-hydrogen) atoms. The first-order valence-corrected chi connectivity index (χ1v) is 6.10. The first-order valence-electron chi connectivity index (χ1n) is 6.10. The average molecular weight is 201 g/mol. The maximum Gasteiger partial charge on any atom is 0.117 e. The van der Waals surface area contributed by atoms with Crippen LogP contribution in [0.4, 0.5) is 4.39 Å². The molecule has 0 amide bonds. The van der Waals surface area contributed by atoms with E-state index < -0.39 is 6.17 Å². The van der Waals surface area contributed by atoms with Gasteiger partial charge in [-0.3, -0.25) is 4.90 Å². The van der Waals surface area contributed by atoms with Crippen LogP contribution in [0, 0.1) is 0 Å². The molecule has 0 radical (unpaired) electrons. The number of halogens is 1. The second-order valence-corrected chi connectivity index (χ2v) is 4.34. The van der Waals surface area contributed by atoms with E-state index in [2.05, 4.69) is 11.8 Å². The predicted octanol–water partition coefficient (Wildman–Crippen LogP) is 3.39.